The number of phenols is 1. The topological polar surface area (TPSA) is 36.8 Å². The summed E-state index contributed by atoms with van der Waals surface area (Å²) >= 11 is 3.25. The van der Waals surface area contributed by atoms with Gasteiger partial charge >= 0.3 is 0 Å². The van der Waals surface area contributed by atoms with Crippen LogP contribution in [0, 0.1) is 0 Å². The molecule has 0 radical (unpaired) electrons. The van der Waals surface area contributed by atoms with Crippen LogP contribution in [-0.2, 0) is 6.54 Å². The number of hydrogen-bond acceptors (Lipinski definition) is 1. The molecule has 0 aromatic heterocycles. The Bertz CT molecular complexity index is 255. The van der Waals surface area contributed by atoms with E-state index in [0.717, 1.165) is 11.0 Å². The third kappa shape index (κ3) is 3.01. The summed E-state index contributed by atoms with van der Waals surface area (Å²) in [5.41, 5.74) is 1.21. The molecule has 0 saturated heterocycles. The second kappa shape index (κ2) is 5.41. The summed E-state index contributed by atoms with van der Waals surface area (Å²) in [5, 5.41) is 11.2. The van der Waals surface area contributed by atoms with Crippen molar-refractivity contribution in [1.82, 2.24) is 0 Å². The Balaban J connectivity index is 0.00000121. The quantitative estimate of drug-likeness (QED) is 0.619. The largest absolute Gasteiger partial charge is 1.00 e. The molecule has 0 unspecified atom stereocenters. The molecule has 1 aromatic carbocycles. The molecular formula is C8H11BrClNO. The van der Waals surface area contributed by atoms with Gasteiger partial charge in [0.15, 0.2) is 0 Å². The van der Waals surface area contributed by atoms with Crippen molar-refractivity contribution in [3.05, 3.63) is 28.2 Å². The number of benzene rings is 1. The van der Waals surface area contributed by atoms with E-state index in [9.17, 15) is 0 Å². The first-order chi connectivity index (χ1) is 5.24. The van der Waals surface area contributed by atoms with Crippen molar-refractivity contribution >= 4 is 15.9 Å². The van der Waals surface area contributed by atoms with Gasteiger partial charge in [-0.05, 0) is 34.1 Å². The van der Waals surface area contributed by atoms with E-state index in [1.807, 2.05) is 19.2 Å². The van der Waals surface area contributed by atoms with Gasteiger partial charge in [0.25, 0.3) is 0 Å². The smallest absolute Gasteiger partial charge is 0.129 e. The van der Waals surface area contributed by atoms with Gasteiger partial charge in [0, 0.05) is 5.56 Å². The Morgan fingerprint density at radius 2 is 2.17 bits per heavy atom. The average Bonchev–Trinajstić information content (AvgIpc) is 1.98. The molecule has 0 saturated carbocycles. The molecule has 0 aliphatic carbocycles. The van der Waals surface area contributed by atoms with E-state index in [2.05, 4.69) is 21.2 Å². The summed E-state index contributed by atoms with van der Waals surface area (Å²) in [5.74, 6) is 0.296. The zero-order valence-electron chi connectivity index (χ0n) is 6.72. The molecule has 0 aliphatic rings. The monoisotopic (exact) mass is 251 g/mol. The molecule has 3 N–H and O–H groups in total. The van der Waals surface area contributed by atoms with Crippen molar-refractivity contribution in [3.63, 3.8) is 0 Å². The third-order valence-electron chi connectivity index (χ3n) is 1.45. The normalized spacial score (nSPS) is 9.17. The fourth-order valence-electron chi connectivity index (χ4n) is 0.913. The predicted molar refractivity (Wildman–Crippen MR) is 47.4 cm³/mol. The maximum Gasteiger partial charge on any atom is 0.129 e. The van der Waals surface area contributed by atoms with Crippen LogP contribution in [0.2, 0.25) is 0 Å². The minimum absolute atomic E-state index is 0. The lowest BCUT2D eigenvalue weighted by Crippen LogP contribution is -3.00. The number of phenolic OH excluding ortho intramolecular Hbond substituents is 1. The molecule has 0 bridgehead atoms. The lowest BCUT2D eigenvalue weighted by Gasteiger charge is -1.99. The molecule has 0 spiro atoms. The second-order valence-corrected chi connectivity index (χ2v) is 3.25. The zero-order valence-corrected chi connectivity index (χ0v) is 9.06. The maximum atomic E-state index is 9.15. The highest BCUT2D eigenvalue weighted by Gasteiger charge is 1.98. The molecule has 0 aliphatic heterocycles. The van der Waals surface area contributed by atoms with Crippen molar-refractivity contribution < 1.29 is 22.8 Å². The summed E-state index contributed by atoms with van der Waals surface area (Å²) in [6, 6.07) is 5.54. The van der Waals surface area contributed by atoms with Crippen LogP contribution in [-0.4, -0.2) is 12.2 Å². The third-order valence-corrected chi connectivity index (χ3v) is 2.09. The number of quaternary nitrogens is 1. The fourth-order valence-corrected chi connectivity index (χ4v) is 1.34. The van der Waals surface area contributed by atoms with Crippen LogP contribution in [0.15, 0.2) is 22.7 Å². The SMILES string of the molecule is C[NH2+]Cc1ccc(O)c(Br)c1.[Cl-]. The first kappa shape index (κ1) is 11.8. The van der Waals surface area contributed by atoms with Gasteiger partial charge in [-0.15, -0.1) is 0 Å². The van der Waals surface area contributed by atoms with Gasteiger partial charge in [0.1, 0.15) is 12.3 Å². The van der Waals surface area contributed by atoms with Gasteiger partial charge in [-0.25, -0.2) is 0 Å². The Morgan fingerprint density at radius 1 is 1.50 bits per heavy atom. The highest BCUT2D eigenvalue weighted by atomic mass is 79.9. The molecule has 68 valence electrons. The molecule has 0 amide bonds. The Labute approximate surface area is 86.5 Å². The molecule has 0 fully saturated rings. The minimum Gasteiger partial charge on any atom is -1.00 e. The highest BCUT2D eigenvalue weighted by molar-refractivity contribution is 9.10. The van der Waals surface area contributed by atoms with Crippen molar-refractivity contribution in [1.29, 1.82) is 0 Å². The van der Waals surface area contributed by atoms with E-state index in [1.54, 1.807) is 6.07 Å². The van der Waals surface area contributed by atoms with Crippen molar-refractivity contribution in [2.45, 2.75) is 6.54 Å². The van der Waals surface area contributed by atoms with Crippen LogP contribution in [0.4, 0.5) is 0 Å². The van der Waals surface area contributed by atoms with E-state index in [1.165, 1.54) is 5.56 Å². The van der Waals surface area contributed by atoms with Crippen molar-refractivity contribution in [2.75, 3.05) is 7.05 Å². The predicted octanol–water partition coefficient (Wildman–Crippen LogP) is -2.15. The highest BCUT2D eigenvalue weighted by Crippen LogP contribution is 2.23. The van der Waals surface area contributed by atoms with E-state index in [4.69, 9.17) is 5.11 Å². The van der Waals surface area contributed by atoms with Crippen LogP contribution < -0.4 is 17.7 Å². The van der Waals surface area contributed by atoms with E-state index in [0.29, 0.717) is 5.75 Å². The Hall–Kier alpha value is -0.250. The fraction of sp³-hybridized carbons (Fsp3) is 0.250. The summed E-state index contributed by atoms with van der Waals surface area (Å²) < 4.78 is 0.761. The van der Waals surface area contributed by atoms with Gasteiger partial charge in [0.05, 0.1) is 11.5 Å². The van der Waals surface area contributed by atoms with E-state index >= 15 is 0 Å². The van der Waals surface area contributed by atoms with E-state index < -0.39 is 0 Å². The van der Waals surface area contributed by atoms with Gasteiger partial charge in [-0.2, -0.15) is 0 Å². The molecule has 0 atom stereocenters. The molecule has 1 rings (SSSR count). The average molecular weight is 253 g/mol. The second-order valence-electron chi connectivity index (χ2n) is 2.40. The summed E-state index contributed by atoms with van der Waals surface area (Å²) in [6.45, 7) is 0.943. The first-order valence-electron chi connectivity index (χ1n) is 3.49. The van der Waals surface area contributed by atoms with Gasteiger partial charge < -0.3 is 22.8 Å². The number of halogens is 2. The molecule has 12 heavy (non-hydrogen) atoms. The zero-order chi connectivity index (χ0) is 8.27. The van der Waals surface area contributed by atoms with Crippen LogP contribution in [0.3, 0.4) is 0 Å². The number of aromatic hydroxyl groups is 1. The first-order valence-corrected chi connectivity index (χ1v) is 4.28. The maximum absolute atomic E-state index is 9.15. The molecule has 1 aromatic rings. The van der Waals surface area contributed by atoms with Crippen molar-refractivity contribution in [2.24, 2.45) is 0 Å². The lowest BCUT2D eigenvalue weighted by atomic mass is 10.2. The van der Waals surface area contributed by atoms with Crippen molar-refractivity contribution in [3.8, 4) is 5.75 Å². The van der Waals surface area contributed by atoms with Crippen LogP contribution >= 0.6 is 15.9 Å². The number of nitrogens with two attached hydrogens (primary N) is 1. The molecule has 4 heteroatoms. The summed E-state index contributed by atoms with van der Waals surface area (Å²) in [4.78, 5) is 0. The van der Waals surface area contributed by atoms with Crippen LogP contribution in [0.1, 0.15) is 5.56 Å². The Morgan fingerprint density at radius 3 is 2.67 bits per heavy atom. The van der Waals surface area contributed by atoms with Gasteiger partial charge in [0.2, 0.25) is 0 Å². The Kier molecular flexibility index (Phi) is 5.29. The molecule has 0 heterocycles. The van der Waals surface area contributed by atoms with Crippen LogP contribution in [0.5, 0.6) is 5.75 Å². The molecule has 2 nitrogen and oxygen atoms in total. The summed E-state index contributed by atoms with van der Waals surface area (Å²) in [6.07, 6.45) is 0. The number of hydrogen-bond donors (Lipinski definition) is 2. The standard InChI is InChI=1S/C8H10BrNO.ClH/c1-10-5-6-2-3-8(11)7(9)4-6;/h2-4,10-11H,5H2,1H3;1H. The summed E-state index contributed by atoms with van der Waals surface area (Å²) in [7, 11) is 2.01. The minimum atomic E-state index is 0. The number of rotatable bonds is 2. The van der Waals surface area contributed by atoms with Crippen LogP contribution in [0.25, 0.3) is 0 Å². The van der Waals surface area contributed by atoms with E-state index in [-0.39, 0.29) is 12.4 Å². The van der Waals surface area contributed by atoms with Gasteiger partial charge in [-0.3, -0.25) is 0 Å². The molecular weight excluding hydrogens is 241 g/mol. The van der Waals surface area contributed by atoms with Gasteiger partial charge in [-0.1, -0.05) is 0 Å². The lowest BCUT2D eigenvalue weighted by molar-refractivity contribution is -0.643.